The Morgan fingerprint density at radius 2 is 1.71 bits per heavy atom. The topological polar surface area (TPSA) is 87.2 Å². The van der Waals surface area contributed by atoms with Crippen LogP contribution in [0.1, 0.15) is 18.4 Å². The quantitative estimate of drug-likeness (QED) is 0.206. The van der Waals surface area contributed by atoms with Crippen LogP contribution in [0.4, 0.5) is 4.39 Å². The highest BCUT2D eigenvalue weighted by Crippen LogP contribution is 2.36. The van der Waals surface area contributed by atoms with Crippen LogP contribution in [0.25, 0.3) is 21.7 Å². The van der Waals surface area contributed by atoms with E-state index in [0.29, 0.717) is 35.5 Å². The summed E-state index contributed by atoms with van der Waals surface area (Å²) in [6.45, 7) is 1.04. The van der Waals surface area contributed by atoms with Crippen molar-refractivity contribution in [2.24, 2.45) is 5.73 Å². The number of unbranched alkanes of at least 4 members (excludes halogenated alkanes) is 1. The number of ether oxygens (including phenoxy) is 1. The Morgan fingerprint density at radius 1 is 0.947 bits per heavy atom. The minimum absolute atomic E-state index is 0. The summed E-state index contributed by atoms with van der Waals surface area (Å²) in [5.74, 6) is -0.390. The van der Waals surface area contributed by atoms with E-state index < -0.39 is 15.7 Å². The first kappa shape index (κ1) is 27.9. The minimum atomic E-state index is -4.13. The highest BCUT2D eigenvalue weighted by atomic mass is 35.5. The maximum Gasteiger partial charge on any atom is 0.226 e. The number of benzene rings is 4. The molecule has 5 aromatic rings. The number of halogens is 3. The smallest absolute Gasteiger partial charge is 0.226 e. The van der Waals surface area contributed by atoms with Gasteiger partial charge in [-0.05, 0) is 54.6 Å². The molecule has 198 valence electrons. The van der Waals surface area contributed by atoms with Crippen molar-refractivity contribution in [1.82, 2.24) is 9.78 Å². The molecule has 0 atom stereocenters. The van der Waals surface area contributed by atoms with Crippen molar-refractivity contribution in [3.8, 4) is 5.75 Å². The predicted octanol–water partition coefficient (Wildman–Crippen LogP) is 6.40. The molecule has 0 aliphatic carbocycles. The van der Waals surface area contributed by atoms with Crippen molar-refractivity contribution in [2.45, 2.75) is 29.3 Å². The summed E-state index contributed by atoms with van der Waals surface area (Å²) in [7, 11) is -4.13. The lowest BCUT2D eigenvalue weighted by atomic mass is 10.1. The number of rotatable bonds is 9. The van der Waals surface area contributed by atoms with E-state index in [1.807, 2.05) is 24.3 Å². The molecular weight excluding hydrogens is 548 g/mol. The van der Waals surface area contributed by atoms with Crippen molar-refractivity contribution in [2.75, 3.05) is 13.2 Å². The van der Waals surface area contributed by atoms with E-state index in [4.69, 9.17) is 22.1 Å². The zero-order valence-electron chi connectivity index (χ0n) is 20.3. The largest absolute Gasteiger partial charge is 0.491 e. The lowest BCUT2D eigenvalue weighted by Crippen LogP contribution is -2.07. The fraction of sp³-hybridized carbons (Fsp3) is 0.179. The van der Waals surface area contributed by atoms with Crippen molar-refractivity contribution < 1.29 is 17.5 Å². The van der Waals surface area contributed by atoms with E-state index in [1.165, 1.54) is 16.8 Å². The van der Waals surface area contributed by atoms with Gasteiger partial charge in [-0.1, -0.05) is 60.1 Å². The summed E-state index contributed by atoms with van der Waals surface area (Å²) in [6, 6.07) is 22.0. The average Bonchev–Trinajstić information content (AvgIpc) is 3.25. The lowest BCUT2D eigenvalue weighted by molar-refractivity contribution is 0.308. The molecule has 0 fully saturated rings. The van der Waals surface area contributed by atoms with Gasteiger partial charge in [0, 0.05) is 21.9 Å². The third-order valence-corrected chi connectivity index (χ3v) is 8.09. The van der Waals surface area contributed by atoms with Gasteiger partial charge in [0.05, 0.1) is 18.0 Å². The Labute approximate surface area is 231 Å². The Kier molecular flexibility index (Phi) is 8.57. The van der Waals surface area contributed by atoms with E-state index >= 15 is 0 Å². The molecule has 2 N–H and O–H groups in total. The van der Waals surface area contributed by atoms with Crippen LogP contribution < -0.4 is 10.5 Å². The second-order valence-electron chi connectivity index (χ2n) is 8.72. The fourth-order valence-corrected chi connectivity index (χ4v) is 6.22. The van der Waals surface area contributed by atoms with E-state index in [0.717, 1.165) is 17.4 Å². The van der Waals surface area contributed by atoms with Gasteiger partial charge in [0.25, 0.3) is 0 Å². The Balaban J connectivity index is 0.00000336. The molecule has 0 aliphatic rings. The van der Waals surface area contributed by atoms with Gasteiger partial charge >= 0.3 is 0 Å². The maximum atomic E-state index is 14.8. The number of sulfone groups is 1. The number of nitrogens with zero attached hydrogens (tertiary/aromatic N) is 2. The third kappa shape index (κ3) is 5.49. The lowest BCUT2D eigenvalue weighted by Gasteiger charge is -2.11. The van der Waals surface area contributed by atoms with Gasteiger partial charge in [-0.2, -0.15) is 5.10 Å². The van der Waals surface area contributed by atoms with Gasteiger partial charge < -0.3 is 10.5 Å². The highest BCUT2D eigenvalue weighted by Gasteiger charge is 2.29. The van der Waals surface area contributed by atoms with Crippen LogP contribution in [0.15, 0.2) is 88.8 Å². The van der Waals surface area contributed by atoms with Crippen LogP contribution in [0, 0.1) is 5.82 Å². The summed E-state index contributed by atoms with van der Waals surface area (Å²) in [5, 5.41) is 6.35. The van der Waals surface area contributed by atoms with Gasteiger partial charge in [0.15, 0.2) is 5.03 Å². The summed E-state index contributed by atoms with van der Waals surface area (Å²) >= 11 is 6.18. The SMILES string of the molecule is Cl.NCCCCOc1cc(F)cc2c(S(=O)(=O)c3cccc4ccccc34)nn(Cc3cccc(Cl)c3)c12. The molecule has 6 nitrogen and oxygen atoms in total. The fourth-order valence-electron chi connectivity index (χ4n) is 4.41. The number of nitrogens with two attached hydrogens (primary N) is 1. The van der Waals surface area contributed by atoms with Crippen LogP contribution >= 0.6 is 24.0 Å². The first-order valence-corrected chi connectivity index (χ1v) is 13.7. The normalized spacial score (nSPS) is 11.6. The van der Waals surface area contributed by atoms with E-state index in [9.17, 15) is 12.8 Å². The Bertz CT molecular complexity index is 1700. The summed E-state index contributed by atoms with van der Waals surface area (Å²) in [5.41, 5.74) is 6.79. The van der Waals surface area contributed by atoms with Crippen molar-refractivity contribution in [3.05, 3.63) is 95.3 Å². The maximum absolute atomic E-state index is 14.8. The molecule has 4 aromatic carbocycles. The molecule has 10 heteroatoms. The van der Waals surface area contributed by atoms with Gasteiger partial charge in [-0.15, -0.1) is 12.4 Å². The number of hydrogen-bond acceptors (Lipinski definition) is 5. The van der Waals surface area contributed by atoms with E-state index in [-0.39, 0.29) is 40.0 Å². The average molecular weight is 575 g/mol. The van der Waals surface area contributed by atoms with Crippen molar-refractivity contribution in [1.29, 1.82) is 0 Å². The van der Waals surface area contributed by atoms with Crippen LogP contribution in [-0.4, -0.2) is 31.3 Å². The molecule has 0 saturated heterocycles. The van der Waals surface area contributed by atoms with Gasteiger partial charge in [0.2, 0.25) is 9.84 Å². The molecule has 0 amide bonds. The van der Waals surface area contributed by atoms with Crippen molar-refractivity contribution >= 4 is 55.5 Å². The van der Waals surface area contributed by atoms with Gasteiger partial charge in [0.1, 0.15) is 17.1 Å². The van der Waals surface area contributed by atoms with Crippen LogP contribution in [0.3, 0.4) is 0 Å². The highest BCUT2D eigenvalue weighted by molar-refractivity contribution is 7.91. The summed E-state index contributed by atoms with van der Waals surface area (Å²) in [4.78, 5) is 0.106. The first-order valence-electron chi connectivity index (χ1n) is 11.9. The van der Waals surface area contributed by atoms with E-state index in [2.05, 4.69) is 5.10 Å². The number of hydrogen-bond donors (Lipinski definition) is 1. The van der Waals surface area contributed by atoms with Crippen LogP contribution in [-0.2, 0) is 16.4 Å². The molecule has 1 heterocycles. The van der Waals surface area contributed by atoms with Gasteiger partial charge in [-0.3, -0.25) is 4.68 Å². The number of aromatic nitrogens is 2. The molecular formula is C28H26Cl2FN3O3S. The second kappa shape index (κ2) is 11.7. The third-order valence-electron chi connectivity index (χ3n) is 6.11. The zero-order valence-corrected chi connectivity index (χ0v) is 22.7. The second-order valence-corrected chi connectivity index (χ2v) is 11.0. The molecule has 0 spiro atoms. The standard InChI is InChI=1S/C28H25ClFN3O3S.ClH/c29-21-10-5-7-19(15-21)18-33-27-24(16-22(30)17-25(27)36-14-4-3-13-31)28(32-33)37(34,35)26-12-6-9-20-8-1-2-11-23(20)26;/h1-2,5-12,15-17H,3-4,13-14,18,31H2;1H. The van der Waals surface area contributed by atoms with Gasteiger partial charge in [-0.25, -0.2) is 12.8 Å². The molecule has 5 rings (SSSR count). The van der Waals surface area contributed by atoms with Crippen molar-refractivity contribution in [3.63, 3.8) is 0 Å². The summed E-state index contributed by atoms with van der Waals surface area (Å²) in [6.07, 6.45) is 1.43. The molecule has 0 radical (unpaired) electrons. The first-order chi connectivity index (χ1) is 17.9. The molecule has 0 unspecified atom stereocenters. The Hall–Kier alpha value is -3.17. The zero-order chi connectivity index (χ0) is 26.0. The predicted molar refractivity (Wildman–Crippen MR) is 151 cm³/mol. The molecule has 38 heavy (non-hydrogen) atoms. The number of fused-ring (bicyclic) bond motifs is 2. The molecule has 1 aromatic heterocycles. The Morgan fingerprint density at radius 3 is 2.50 bits per heavy atom. The van der Waals surface area contributed by atoms with E-state index in [1.54, 1.807) is 42.5 Å². The molecule has 0 bridgehead atoms. The molecule has 0 aliphatic heterocycles. The monoisotopic (exact) mass is 573 g/mol. The minimum Gasteiger partial charge on any atom is -0.491 e. The van der Waals surface area contributed by atoms with Crippen LogP contribution in [0.2, 0.25) is 5.02 Å². The van der Waals surface area contributed by atoms with Crippen LogP contribution in [0.5, 0.6) is 5.75 Å². The molecule has 0 saturated carbocycles. The summed E-state index contributed by atoms with van der Waals surface area (Å²) < 4.78 is 50.4.